The molecule has 90 valence electrons. The number of ether oxygens (including phenoxy) is 2. The van der Waals surface area contributed by atoms with E-state index in [0.29, 0.717) is 0 Å². The Bertz CT molecular complexity index is 318. The molecule has 6 heteroatoms. The summed E-state index contributed by atoms with van der Waals surface area (Å²) in [6.45, 7) is 5.28. The van der Waals surface area contributed by atoms with Gasteiger partial charge in [-0.3, -0.25) is 4.79 Å². The van der Waals surface area contributed by atoms with Gasteiger partial charge in [-0.15, -0.1) is 0 Å². The molecule has 1 atom stereocenters. The highest BCUT2D eigenvalue weighted by atomic mass is 16.6. The highest BCUT2D eigenvalue weighted by Gasteiger charge is 2.32. The van der Waals surface area contributed by atoms with E-state index in [1.165, 1.54) is 0 Å². The van der Waals surface area contributed by atoms with Crippen LogP contribution in [0.25, 0.3) is 0 Å². The molecule has 1 fully saturated rings. The van der Waals surface area contributed by atoms with Crippen molar-refractivity contribution in [1.29, 1.82) is 0 Å². The number of hydrogen-bond donors (Lipinski definition) is 1. The van der Waals surface area contributed by atoms with Gasteiger partial charge in [-0.1, -0.05) is 0 Å². The highest BCUT2D eigenvalue weighted by molar-refractivity contribution is 5.95. The van der Waals surface area contributed by atoms with Crippen molar-refractivity contribution in [3.8, 4) is 0 Å². The first-order valence-electron chi connectivity index (χ1n) is 5.02. The van der Waals surface area contributed by atoms with Crippen LogP contribution in [-0.2, 0) is 19.1 Å². The predicted molar refractivity (Wildman–Crippen MR) is 53.5 cm³/mol. The second-order valence-corrected chi connectivity index (χ2v) is 4.53. The summed E-state index contributed by atoms with van der Waals surface area (Å²) in [6.07, 6.45) is -0.504. The number of hydrogen-bond acceptors (Lipinski definition) is 5. The van der Waals surface area contributed by atoms with Crippen LogP contribution in [0, 0.1) is 0 Å². The molecule has 0 aromatic heterocycles. The van der Waals surface area contributed by atoms with Crippen LogP contribution < -0.4 is 5.32 Å². The topological polar surface area (TPSA) is 81.7 Å². The summed E-state index contributed by atoms with van der Waals surface area (Å²) in [5.74, 6) is -1.05. The second kappa shape index (κ2) is 4.51. The van der Waals surface area contributed by atoms with Crippen LogP contribution in [0.3, 0.4) is 0 Å². The summed E-state index contributed by atoms with van der Waals surface area (Å²) in [7, 11) is 0. The van der Waals surface area contributed by atoms with Crippen molar-refractivity contribution < 1.29 is 23.9 Å². The molecule has 0 radical (unpaired) electrons. The van der Waals surface area contributed by atoms with Gasteiger partial charge >= 0.3 is 18.0 Å². The third kappa shape index (κ3) is 3.88. The van der Waals surface area contributed by atoms with Crippen molar-refractivity contribution in [3.63, 3.8) is 0 Å². The van der Waals surface area contributed by atoms with Crippen LogP contribution in [0.15, 0.2) is 0 Å². The van der Waals surface area contributed by atoms with E-state index < -0.39 is 29.7 Å². The second-order valence-electron chi connectivity index (χ2n) is 4.53. The molecule has 1 heterocycles. The van der Waals surface area contributed by atoms with E-state index in [2.05, 4.69) is 10.1 Å². The van der Waals surface area contributed by atoms with E-state index in [-0.39, 0.29) is 12.8 Å². The van der Waals surface area contributed by atoms with Gasteiger partial charge in [-0.2, -0.15) is 0 Å². The Kier molecular flexibility index (Phi) is 3.51. The number of cyclic esters (lactones) is 2. The molecule has 0 aromatic rings. The number of esters is 2. The van der Waals surface area contributed by atoms with Crippen LogP contribution in [0.1, 0.15) is 33.6 Å². The SMILES string of the molecule is CC(C)(C)OC(=O)CC[C@@H]1NC(=O)OC1=O. The van der Waals surface area contributed by atoms with E-state index in [1.807, 2.05) is 0 Å². The van der Waals surface area contributed by atoms with E-state index in [9.17, 15) is 14.4 Å². The zero-order valence-electron chi connectivity index (χ0n) is 9.53. The minimum Gasteiger partial charge on any atom is -0.460 e. The molecular formula is C10H15NO5. The number of carbonyl (C=O) groups excluding carboxylic acids is 3. The number of rotatable bonds is 3. The van der Waals surface area contributed by atoms with E-state index in [4.69, 9.17) is 4.74 Å². The van der Waals surface area contributed by atoms with Gasteiger partial charge in [0.05, 0.1) is 0 Å². The van der Waals surface area contributed by atoms with Crippen LogP contribution in [0.4, 0.5) is 4.79 Å². The van der Waals surface area contributed by atoms with Crippen molar-refractivity contribution >= 4 is 18.0 Å². The monoisotopic (exact) mass is 229 g/mol. The van der Waals surface area contributed by atoms with Gasteiger partial charge in [0.15, 0.2) is 0 Å². The first kappa shape index (κ1) is 12.5. The van der Waals surface area contributed by atoms with Crippen molar-refractivity contribution in [1.82, 2.24) is 5.32 Å². The van der Waals surface area contributed by atoms with Gasteiger partial charge in [-0.25, -0.2) is 9.59 Å². The molecule has 1 rings (SSSR count). The molecule has 0 spiro atoms. The normalized spacial score (nSPS) is 20.3. The lowest BCUT2D eigenvalue weighted by atomic mass is 10.1. The van der Waals surface area contributed by atoms with Gasteiger partial charge < -0.3 is 14.8 Å². The molecule has 1 saturated heterocycles. The van der Waals surface area contributed by atoms with E-state index in [0.717, 1.165) is 0 Å². The number of amides is 1. The Labute approximate surface area is 93.3 Å². The molecule has 0 aromatic carbocycles. The number of alkyl carbamates (subject to hydrolysis) is 1. The maximum Gasteiger partial charge on any atom is 0.415 e. The van der Waals surface area contributed by atoms with Crippen LogP contribution in [0.2, 0.25) is 0 Å². The molecule has 0 saturated carbocycles. The fraction of sp³-hybridized carbons (Fsp3) is 0.700. The molecule has 1 amide bonds. The Morgan fingerprint density at radius 1 is 1.44 bits per heavy atom. The van der Waals surface area contributed by atoms with E-state index >= 15 is 0 Å². The molecule has 16 heavy (non-hydrogen) atoms. The molecule has 0 bridgehead atoms. The van der Waals surface area contributed by atoms with Crippen molar-refractivity contribution in [2.24, 2.45) is 0 Å². The van der Waals surface area contributed by atoms with Gasteiger partial charge in [0.2, 0.25) is 0 Å². The largest absolute Gasteiger partial charge is 0.460 e. The van der Waals surface area contributed by atoms with Gasteiger partial charge in [0.1, 0.15) is 11.6 Å². The predicted octanol–water partition coefficient (Wildman–Crippen LogP) is 0.743. The van der Waals surface area contributed by atoms with Gasteiger partial charge in [0, 0.05) is 6.42 Å². The van der Waals surface area contributed by atoms with Crippen molar-refractivity contribution in [3.05, 3.63) is 0 Å². The maximum absolute atomic E-state index is 11.3. The fourth-order valence-corrected chi connectivity index (χ4v) is 1.24. The zero-order valence-corrected chi connectivity index (χ0v) is 9.53. The average Bonchev–Trinajstić information content (AvgIpc) is 2.38. The summed E-state index contributed by atoms with van der Waals surface area (Å²) < 4.78 is 9.32. The van der Waals surface area contributed by atoms with Crippen LogP contribution in [-0.4, -0.2) is 29.7 Å². The molecule has 1 aliphatic rings. The summed E-state index contributed by atoms with van der Waals surface area (Å²) in [4.78, 5) is 33.0. The lowest BCUT2D eigenvalue weighted by Crippen LogP contribution is -2.30. The van der Waals surface area contributed by atoms with E-state index in [1.54, 1.807) is 20.8 Å². The molecular weight excluding hydrogens is 214 g/mol. The molecule has 1 N–H and O–H groups in total. The van der Waals surface area contributed by atoms with Crippen LogP contribution >= 0.6 is 0 Å². The third-order valence-electron chi connectivity index (χ3n) is 1.83. The Balaban J connectivity index is 2.32. The first-order chi connectivity index (χ1) is 7.28. The van der Waals surface area contributed by atoms with Gasteiger partial charge in [0.25, 0.3) is 0 Å². The smallest absolute Gasteiger partial charge is 0.415 e. The first-order valence-corrected chi connectivity index (χ1v) is 5.02. The summed E-state index contributed by atoms with van der Waals surface area (Å²) in [5.41, 5.74) is -0.545. The van der Waals surface area contributed by atoms with Crippen LogP contribution in [0.5, 0.6) is 0 Å². The molecule has 1 aliphatic heterocycles. The average molecular weight is 229 g/mol. The summed E-state index contributed by atoms with van der Waals surface area (Å²) >= 11 is 0. The fourth-order valence-electron chi connectivity index (χ4n) is 1.24. The van der Waals surface area contributed by atoms with Crippen molar-refractivity contribution in [2.75, 3.05) is 0 Å². The Morgan fingerprint density at radius 2 is 2.06 bits per heavy atom. The summed E-state index contributed by atoms with van der Waals surface area (Å²) in [5, 5.41) is 2.30. The highest BCUT2D eigenvalue weighted by Crippen LogP contribution is 2.12. The molecule has 0 unspecified atom stereocenters. The summed E-state index contributed by atoms with van der Waals surface area (Å²) in [6, 6.07) is -0.736. The quantitative estimate of drug-likeness (QED) is 0.570. The Morgan fingerprint density at radius 3 is 2.50 bits per heavy atom. The maximum atomic E-state index is 11.3. The van der Waals surface area contributed by atoms with Gasteiger partial charge in [-0.05, 0) is 27.2 Å². The molecule has 6 nitrogen and oxygen atoms in total. The Hall–Kier alpha value is -1.59. The minimum atomic E-state index is -0.765. The van der Waals surface area contributed by atoms with Crippen molar-refractivity contribution in [2.45, 2.75) is 45.3 Å². The standard InChI is InChI=1S/C10H15NO5/c1-10(2,3)16-7(12)5-4-6-8(13)15-9(14)11-6/h6H,4-5H2,1-3H3,(H,11,14)/t6-/m0/s1. The third-order valence-corrected chi connectivity index (χ3v) is 1.83. The number of nitrogens with one attached hydrogen (secondary N) is 1. The lowest BCUT2D eigenvalue weighted by Gasteiger charge is -2.19. The lowest BCUT2D eigenvalue weighted by molar-refractivity contribution is -0.155. The number of carbonyl (C=O) groups is 3. The minimum absolute atomic E-state index is 0.0668. The molecule has 0 aliphatic carbocycles. The zero-order chi connectivity index (χ0) is 12.3.